The molecule has 0 unspecified atom stereocenters. The number of carboxylic acid groups (broad SMARTS) is 1. The van der Waals surface area contributed by atoms with E-state index < -0.39 is 5.97 Å². The summed E-state index contributed by atoms with van der Waals surface area (Å²) in [6.45, 7) is 6.64. The molecule has 0 saturated carbocycles. The van der Waals surface area contributed by atoms with Gasteiger partial charge in [-0.25, -0.2) is 0 Å². The van der Waals surface area contributed by atoms with Gasteiger partial charge in [-0.3, -0.25) is 4.79 Å². The zero-order valence-corrected chi connectivity index (χ0v) is 17.3. The van der Waals surface area contributed by atoms with E-state index in [1.165, 1.54) is 17.1 Å². The van der Waals surface area contributed by atoms with E-state index in [1.807, 2.05) is 31.4 Å². The van der Waals surface area contributed by atoms with Crippen LogP contribution in [0.25, 0.3) is 11.3 Å². The standard InChI is InChI=1S/C23H25NO3S/c1-4-17-5-7-19(8-6-17)23-20(14-28-24-23)13-27-21-11-9-18(10-12-22(25)26)15(2)16(21)3/h5-9,11,14H,4,10,12-13H2,1-3H3,(H,25,26). The molecule has 0 radical (unpaired) electrons. The van der Waals surface area contributed by atoms with E-state index in [0.717, 1.165) is 45.7 Å². The minimum atomic E-state index is -0.776. The average molecular weight is 396 g/mol. The number of benzene rings is 2. The topological polar surface area (TPSA) is 59.4 Å². The van der Waals surface area contributed by atoms with Crippen LogP contribution in [0.5, 0.6) is 5.75 Å². The SMILES string of the molecule is CCc1ccc(-c2nscc2COc2ccc(CCC(=O)O)c(C)c2C)cc1. The van der Waals surface area contributed by atoms with Gasteiger partial charge in [-0.05, 0) is 66.5 Å². The van der Waals surface area contributed by atoms with Gasteiger partial charge in [-0.15, -0.1) is 0 Å². The number of ether oxygens (including phenoxy) is 1. The van der Waals surface area contributed by atoms with Gasteiger partial charge in [0.2, 0.25) is 0 Å². The van der Waals surface area contributed by atoms with Crippen molar-refractivity contribution in [2.75, 3.05) is 0 Å². The van der Waals surface area contributed by atoms with Crippen LogP contribution in [0.2, 0.25) is 0 Å². The number of carbonyl (C=O) groups is 1. The maximum atomic E-state index is 10.8. The highest BCUT2D eigenvalue weighted by Crippen LogP contribution is 2.29. The largest absolute Gasteiger partial charge is 0.489 e. The quantitative estimate of drug-likeness (QED) is 0.540. The van der Waals surface area contributed by atoms with Crippen LogP contribution >= 0.6 is 11.5 Å². The molecule has 0 spiro atoms. The summed E-state index contributed by atoms with van der Waals surface area (Å²) in [5, 5.41) is 10.9. The molecule has 28 heavy (non-hydrogen) atoms. The molecule has 0 aliphatic heterocycles. The first-order valence-electron chi connectivity index (χ1n) is 9.45. The number of hydrogen-bond acceptors (Lipinski definition) is 4. The molecule has 0 amide bonds. The number of rotatable bonds is 8. The van der Waals surface area contributed by atoms with Crippen molar-refractivity contribution in [1.29, 1.82) is 0 Å². The molecule has 3 rings (SSSR count). The fourth-order valence-corrected chi connectivity index (χ4v) is 3.86. The van der Waals surface area contributed by atoms with Gasteiger partial charge in [-0.1, -0.05) is 37.3 Å². The number of nitrogens with zero attached hydrogens (tertiary/aromatic N) is 1. The summed E-state index contributed by atoms with van der Waals surface area (Å²) in [5.74, 6) is 0.0527. The van der Waals surface area contributed by atoms with Crippen LogP contribution in [0.4, 0.5) is 0 Å². The van der Waals surface area contributed by atoms with E-state index in [4.69, 9.17) is 9.84 Å². The van der Waals surface area contributed by atoms with Gasteiger partial charge < -0.3 is 9.84 Å². The molecule has 5 heteroatoms. The second kappa shape index (κ2) is 9.02. The number of aromatic nitrogens is 1. The molecule has 1 heterocycles. The second-order valence-corrected chi connectivity index (χ2v) is 7.52. The third-order valence-electron chi connectivity index (χ3n) is 5.12. The van der Waals surface area contributed by atoms with Gasteiger partial charge in [0.25, 0.3) is 0 Å². The van der Waals surface area contributed by atoms with E-state index in [0.29, 0.717) is 13.0 Å². The van der Waals surface area contributed by atoms with Crippen molar-refractivity contribution < 1.29 is 14.6 Å². The van der Waals surface area contributed by atoms with Crippen molar-refractivity contribution >= 4 is 17.5 Å². The van der Waals surface area contributed by atoms with Crippen LogP contribution in [-0.4, -0.2) is 15.4 Å². The van der Waals surface area contributed by atoms with Crippen molar-refractivity contribution in [2.24, 2.45) is 0 Å². The molecule has 0 bridgehead atoms. The van der Waals surface area contributed by atoms with Gasteiger partial charge in [0.05, 0.1) is 5.69 Å². The number of carboxylic acids is 1. The van der Waals surface area contributed by atoms with E-state index in [2.05, 4.69) is 35.6 Å². The summed E-state index contributed by atoms with van der Waals surface area (Å²) in [4.78, 5) is 10.8. The Morgan fingerprint density at radius 1 is 1.07 bits per heavy atom. The predicted molar refractivity (Wildman–Crippen MR) is 113 cm³/mol. The molecule has 2 aromatic carbocycles. The third kappa shape index (κ3) is 4.60. The Morgan fingerprint density at radius 3 is 2.50 bits per heavy atom. The van der Waals surface area contributed by atoms with Gasteiger partial charge in [-0.2, -0.15) is 4.37 Å². The highest BCUT2D eigenvalue weighted by Gasteiger charge is 2.12. The molecule has 1 aromatic heterocycles. The molecule has 1 N–H and O–H groups in total. The Bertz CT molecular complexity index is 960. The highest BCUT2D eigenvalue weighted by molar-refractivity contribution is 7.04. The number of aliphatic carboxylic acids is 1. The molecule has 0 aliphatic carbocycles. The Balaban J connectivity index is 1.73. The van der Waals surface area contributed by atoms with Crippen LogP contribution in [-0.2, 0) is 24.2 Å². The van der Waals surface area contributed by atoms with Crippen molar-refractivity contribution in [2.45, 2.75) is 46.6 Å². The monoisotopic (exact) mass is 395 g/mol. The summed E-state index contributed by atoms with van der Waals surface area (Å²) < 4.78 is 10.7. The normalized spacial score (nSPS) is 10.8. The van der Waals surface area contributed by atoms with Crippen molar-refractivity contribution in [1.82, 2.24) is 4.37 Å². The Labute approximate surface area is 170 Å². The lowest BCUT2D eigenvalue weighted by atomic mass is 9.99. The minimum Gasteiger partial charge on any atom is -0.489 e. The number of aryl methyl sites for hydroxylation is 2. The Kier molecular flexibility index (Phi) is 6.47. The smallest absolute Gasteiger partial charge is 0.303 e. The first kappa shape index (κ1) is 20.1. The van der Waals surface area contributed by atoms with Crippen LogP contribution in [0, 0.1) is 13.8 Å². The molecule has 0 fully saturated rings. The molecule has 0 aliphatic rings. The molecule has 146 valence electrons. The van der Waals surface area contributed by atoms with Crippen molar-refractivity contribution in [3.63, 3.8) is 0 Å². The lowest BCUT2D eigenvalue weighted by Gasteiger charge is -2.14. The fraction of sp³-hybridized carbons (Fsp3) is 0.304. The van der Waals surface area contributed by atoms with Crippen molar-refractivity contribution in [3.05, 3.63) is 69.6 Å². The summed E-state index contributed by atoms with van der Waals surface area (Å²) in [6, 6.07) is 12.4. The Hall–Kier alpha value is -2.66. The number of hydrogen-bond donors (Lipinski definition) is 1. The summed E-state index contributed by atoms with van der Waals surface area (Å²) in [6.07, 6.45) is 1.70. The average Bonchev–Trinajstić information content (AvgIpc) is 3.17. The molecule has 0 atom stereocenters. The third-order valence-corrected chi connectivity index (χ3v) is 5.80. The fourth-order valence-electron chi connectivity index (χ4n) is 3.17. The first-order chi connectivity index (χ1) is 13.5. The summed E-state index contributed by atoms with van der Waals surface area (Å²) in [7, 11) is 0. The van der Waals surface area contributed by atoms with Crippen LogP contribution in [0.1, 0.15) is 41.2 Å². The summed E-state index contributed by atoms with van der Waals surface area (Å²) >= 11 is 1.44. The van der Waals surface area contributed by atoms with Gasteiger partial charge >= 0.3 is 5.97 Å². The van der Waals surface area contributed by atoms with Gasteiger partial charge in [0.15, 0.2) is 0 Å². The zero-order chi connectivity index (χ0) is 20.1. The highest BCUT2D eigenvalue weighted by atomic mass is 32.1. The van der Waals surface area contributed by atoms with Gasteiger partial charge in [0, 0.05) is 22.9 Å². The van der Waals surface area contributed by atoms with E-state index in [9.17, 15) is 4.79 Å². The van der Waals surface area contributed by atoms with Crippen LogP contribution in [0.15, 0.2) is 41.8 Å². The molecular formula is C23H25NO3S. The maximum Gasteiger partial charge on any atom is 0.303 e. The zero-order valence-electron chi connectivity index (χ0n) is 16.5. The van der Waals surface area contributed by atoms with Crippen molar-refractivity contribution in [3.8, 4) is 17.0 Å². The Morgan fingerprint density at radius 2 is 1.82 bits per heavy atom. The maximum absolute atomic E-state index is 10.8. The van der Waals surface area contributed by atoms with Crippen LogP contribution < -0.4 is 4.74 Å². The lowest BCUT2D eigenvalue weighted by Crippen LogP contribution is -2.03. The molecule has 4 nitrogen and oxygen atoms in total. The first-order valence-corrected chi connectivity index (χ1v) is 10.3. The van der Waals surface area contributed by atoms with Crippen LogP contribution in [0.3, 0.4) is 0 Å². The predicted octanol–water partition coefficient (Wildman–Crippen LogP) is 5.59. The summed E-state index contributed by atoms with van der Waals surface area (Å²) in [5.41, 5.74) is 7.67. The lowest BCUT2D eigenvalue weighted by molar-refractivity contribution is -0.136. The van der Waals surface area contributed by atoms with E-state index in [-0.39, 0.29) is 6.42 Å². The second-order valence-electron chi connectivity index (χ2n) is 6.89. The molecule has 3 aromatic rings. The molecule has 0 saturated heterocycles. The van der Waals surface area contributed by atoms with E-state index >= 15 is 0 Å². The van der Waals surface area contributed by atoms with E-state index in [1.54, 1.807) is 0 Å². The molecular weight excluding hydrogens is 370 g/mol. The minimum absolute atomic E-state index is 0.140. The van der Waals surface area contributed by atoms with Gasteiger partial charge in [0.1, 0.15) is 12.4 Å².